The number of halogens is 1. The second kappa shape index (κ2) is 9.28. The normalized spacial score (nSPS) is 15.9. The molecule has 1 aromatic rings. The number of nitrogens with one attached hydrogen (secondary N) is 2. The van der Waals surface area contributed by atoms with Gasteiger partial charge in [0, 0.05) is 19.4 Å². The molecule has 5 heteroatoms. The molecule has 1 amide bonds. The van der Waals surface area contributed by atoms with Crippen molar-refractivity contribution in [3.63, 3.8) is 0 Å². The standard InChI is InChI=1S/C15H19N3O.ClH/c19-15(8-7-14-5-2-1-3-6-14)17-9-4-11-18-12-10-16-13-18;/h1-3,5-6,10,12-13H,4,7-9,11H2,(H,17,19);1H. The maximum atomic E-state index is 11.7. The first-order valence-electron chi connectivity index (χ1n) is 6.71. The number of quaternary nitrogens is 1. The second-order valence-electron chi connectivity index (χ2n) is 4.61. The minimum atomic E-state index is 0. The van der Waals surface area contributed by atoms with Crippen LogP contribution >= 0.6 is 0 Å². The van der Waals surface area contributed by atoms with Gasteiger partial charge in [-0.15, -0.1) is 0 Å². The first-order chi connectivity index (χ1) is 9.34. The fraction of sp³-hybridized carbons (Fsp3) is 0.333. The van der Waals surface area contributed by atoms with E-state index >= 15 is 0 Å². The van der Waals surface area contributed by atoms with Crippen molar-refractivity contribution in [3.05, 3.63) is 48.3 Å². The van der Waals surface area contributed by atoms with Gasteiger partial charge in [-0.3, -0.25) is 9.69 Å². The fourth-order valence-electron chi connectivity index (χ4n) is 1.98. The molecule has 0 spiro atoms. The van der Waals surface area contributed by atoms with Gasteiger partial charge in [-0.2, -0.15) is 0 Å². The van der Waals surface area contributed by atoms with Crippen molar-refractivity contribution in [2.75, 3.05) is 13.1 Å². The number of nitrogens with zero attached hydrogens (tertiary/aromatic N) is 1. The molecule has 108 valence electrons. The molecule has 0 radical (unpaired) electrons. The maximum Gasteiger partial charge on any atom is 0.220 e. The van der Waals surface area contributed by atoms with Crippen molar-refractivity contribution in [2.24, 2.45) is 4.99 Å². The molecule has 0 saturated carbocycles. The highest BCUT2D eigenvalue weighted by atomic mass is 35.5. The number of rotatable bonds is 7. The number of amides is 1. The van der Waals surface area contributed by atoms with Gasteiger partial charge in [0.1, 0.15) is 6.20 Å². The summed E-state index contributed by atoms with van der Waals surface area (Å²) < 4.78 is 0. The molecule has 2 N–H and O–H groups in total. The first-order valence-corrected chi connectivity index (χ1v) is 6.71. The number of carbonyl (C=O) groups excluding carboxylic acids is 1. The van der Waals surface area contributed by atoms with Gasteiger partial charge in [0.2, 0.25) is 5.91 Å². The first kappa shape index (κ1) is 16.4. The molecule has 1 atom stereocenters. The molecule has 2 rings (SSSR count). The lowest BCUT2D eigenvalue weighted by molar-refractivity contribution is -0.736. The van der Waals surface area contributed by atoms with E-state index in [4.69, 9.17) is 0 Å². The highest BCUT2D eigenvalue weighted by Crippen LogP contribution is 2.01. The quantitative estimate of drug-likeness (QED) is 0.538. The molecule has 20 heavy (non-hydrogen) atoms. The average Bonchev–Trinajstić information content (AvgIpc) is 2.96. The van der Waals surface area contributed by atoms with Crippen LogP contribution in [0.25, 0.3) is 0 Å². The number of carbonyl (C=O) groups is 1. The Hall–Kier alpha value is -1.65. The van der Waals surface area contributed by atoms with E-state index in [9.17, 15) is 4.79 Å². The van der Waals surface area contributed by atoms with E-state index in [2.05, 4.69) is 22.4 Å². The van der Waals surface area contributed by atoms with Gasteiger partial charge in [0.05, 0.1) is 12.7 Å². The van der Waals surface area contributed by atoms with E-state index in [0.29, 0.717) is 6.42 Å². The molecule has 1 unspecified atom stereocenters. The highest BCUT2D eigenvalue weighted by molar-refractivity contribution is 5.76. The molecule has 0 aliphatic carbocycles. The van der Waals surface area contributed by atoms with Crippen LogP contribution in [0.2, 0.25) is 0 Å². The minimum absolute atomic E-state index is 0. The summed E-state index contributed by atoms with van der Waals surface area (Å²) in [6.07, 6.45) is 8.01. The van der Waals surface area contributed by atoms with Crippen LogP contribution in [0.1, 0.15) is 18.4 Å². The summed E-state index contributed by atoms with van der Waals surface area (Å²) >= 11 is 0. The van der Waals surface area contributed by atoms with Gasteiger partial charge >= 0.3 is 0 Å². The molecule has 0 saturated heterocycles. The van der Waals surface area contributed by atoms with Crippen LogP contribution in [0, 0.1) is 0 Å². The largest absolute Gasteiger partial charge is 1.00 e. The van der Waals surface area contributed by atoms with Crippen molar-refractivity contribution >= 4 is 12.2 Å². The average molecular weight is 294 g/mol. The predicted octanol–water partition coefficient (Wildman–Crippen LogP) is -2.47. The highest BCUT2D eigenvalue weighted by Gasteiger charge is 2.06. The van der Waals surface area contributed by atoms with Crippen molar-refractivity contribution in [2.45, 2.75) is 19.3 Å². The van der Waals surface area contributed by atoms with E-state index in [1.807, 2.05) is 30.7 Å². The van der Waals surface area contributed by atoms with E-state index in [1.165, 1.54) is 10.5 Å². The molecule has 1 aliphatic rings. The summed E-state index contributed by atoms with van der Waals surface area (Å²) in [7, 11) is 0. The Morgan fingerprint density at radius 2 is 2.05 bits per heavy atom. The molecule has 0 fully saturated rings. The Labute approximate surface area is 126 Å². The molecule has 1 aliphatic heterocycles. The van der Waals surface area contributed by atoms with Crippen LogP contribution < -0.4 is 22.6 Å². The minimum Gasteiger partial charge on any atom is -1.00 e. The Kier molecular flexibility index (Phi) is 7.62. The summed E-state index contributed by atoms with van der Waals surface area (Å²) in [4.78, 5) is 16.9. The number of aryl methyl sites for hydroxylation is 1. The molecular formula is C15H20ClN3O. The summed E-state index contributed by atoms with van der Waals surface area (Å²) in [6, 6.07) is 10.1. The molecule has 0 aromatic heterocycles. The molecule has 0 bridgehead atoms. The number of hydrogen-bond acceptors (Lipinski definition) is 2. The number of benzene rings is 1. The van der Waals surface area contributed by atoms with Crippen molar-refractivity contribution in [3.8, 4) is 0 Å². The molecular weight excluding hydrogens is 274 g/mol. The van der Waals surface area contributed by atoms with Crippen molar-refractivity contribution in [1.29, 1.82) is 0 Å². The zero-order valence-corrected chi connectivity index (χ0v) is 12.1. The monoisotopic (exact) mass is 293 g/mol. The van der Waals surface area contributed by atoms with E-state index in [0.717, 1.165) is 25.9 Å². The smallest absolute Gasteiger partial charge is 0.220 e. The summed E-state index contributed by atoms with van der Waals surface area (Å²) in [5, 5.41) is 2.96. The third-order valence-electron chi connectivity index (χ3n) is 3.06. The van der Waals surface area contributed by atoms with Gasteiger partial charge in [-0.05, 0) is 12.0 Å². The third-order valence-corrected chi connectivity index (χ3v) is 3.06. The van der Waals surface area contributed by atoms with E-state index in [-0.39, 0.29) is 18.3 Å². The zero-order valence-electron chi connectivity index (χ0n) is 11.4. The Morgan fingerprint density at radius 1 is 1.25 bits per heavy atom. The van der Waals surface area contributed by atoms with Crippen LogP contribution in [0.5, 0.6) is 0 Å². The molecule has 4 nitrogen and oxygen atoms in total. The van der Waals surface area contributed by atoms with Gasteiger partial charge in [-0.1, -0.05) is 30.3 Å². The lowest BCUT2D eigenvalue weighted by Gasteiger charge is -2.07. The zero-order chi connectivity index (χ0) is 13.3. The Morgan fingerprint density at radius 3 is 2.75 bits per heavy atom. The van der Waals surface area contributed by atoms with E-state index < -0.39 is 0 Å². The summed E-state index contributed by atoms with van der Waals surface area (Å²) in [6.45, 7) is 1.71. The lowest BCUT2D eigenvalue weighted by atomic mass is 10.1. The topological polar surface area (TPSA) is 45.9 Å². The van der Waals surface area contributed by atoms with Crippen LogP contribution in [0.4, 0.5) is 0 Å². The van der Waals surface area contributed by atoms with Gasteiger partial charge in [0.15, 0.2) is 6.34 Å². The van der Waals surface area contributed by atoms with Crippen LogP contribution in [-0.4, -0.2) is 25.3 Å². The molecule has 1 heterocycles. The van der Waals surface area contributed by atoms with Gasteiger partial charge in [-0.25, -0.2) is 4.99 Å². The fourth-order valence-corrected chi connectivity index (χ4v) is 1.98. The Bertz CT molecular complexity index is 447. The number of hydrogen-bond donors (Lipinski definition) is 2. The predicted molar refractivity (Wildman–Crippen MR) is 75.9 cm³/mol. The second-order valence-corrected chi connectivity index (χ2v) is 4.61. The van der Waals surface area contributed by atoms with Crippen LogP contribution in [0.15, 0.2) is 47.7 Å². The third kappa shape index (κ3) is 5.99. The van der Waals surface area contributed by atoms with E-state index in [1.54, 1.807) is 6.20 Å². The summed E-state index contributed by atoms with van der Waals surface area (Å²) in [5.41, 5.74) is 1.21. The number of aliphatic imine (C=N–C) groups is 1. The van der Waals surface area contributed by atoms with Gasteiger partial charge in [0.25, 0.3) is 0 Å². The maximum absolute atomic E-state index is 11.7. The van der Waals surface area contributed by atoms with Gasteiger partial charge < -0.3 is 17.7 Å². The molecule has 1 aromatic carbocycles. The Balaban J connectivity index is 0.00000200. The van der Waals surface area contributed by atoms with Crippen LogP contribution in [-0.2, 0) is 11.2 Å². The van der Waals surface area contributed by atoms with Crippen molar-refractivity contribution < 1.29 is 22.1 Å². The lowest BCUT2D eigenvalue weighted by Crippen LogP contribution is -3.05. The SMILES string of the molecule is O=C(CCc1ccccc1)NCCC[NH+]1C=CN=C1.[Cl-]. The van der Waals surface area contributed by atoms with Crippen molar-refractivity contribution in [1.82, 2.24) is 5.32 Å². The van der Waals surface area contributed by atoms with Crippen LogP contribution in [0.3, 0.4) is 0 Å². The summed E-state index contributed by atoms with van der Waals surface area (Å²) in [5.74, 6) is 0.129.